The van der Waals surface area contributed by atoms with E-state index in [1.165, 1.54) is 6.07 Å². The highest BCUT2D eigenvalue weighted by Crippen LogP contribution is 2.24. The number of hydrogen-bond donors (Lipinski definition) is 1. The van der Waals surface area contributed by atoms with Crippen LogP contribution in [0.3, 0.4) is 0 Å². The maximum Gasteiger partial charge on any atom is 0.123 e. The Bertz CT molecular complexity index is 401. The number of methoxy groups -OCH3 is 2. The zero-order chi connectivity index (χ0) is 15.0. The van der Waals surface area contributed by atoms with Crippen LogP contribution in [0.25, 0.3) is 0 Å². The maximum atomic E-state index is 13.4. The molecule has 1 unspecified atom stereocenters. The number of nitrogens with zero attached hydrogens (tertiary/aromatic N) is 1. The Morgan fingerprint density at radius 1 is 1.30 bits per heavy atom. The van der Waals surface area contributed by atoms with E-state index in [1.54, 1.807) is 20.3 Å². The first-order valence-corrected chi connectivity index (χ1v) is 6.87. The first-order chi connectivity index (χ1) is 9.63. The molecule has 0 fully saturated rings. The average molecular weight is 284 g/mol. The second kappa shape index (κ2) is 8.89. The number of ether oxygens (including phenoxy) is 2. The highest BCUT2D eigenvalue weighted by atomic mass is 19.1. The molecule has 0 amide bonds. The van der Waals surface area contributed by atoms with Crippen molar-refractivity contribution in [3.63, 3.8) is 0 Å². The molecule has 0 saturated carbocycles. The first kappa shape index (κ1) is 16.9. The molecule has 20 heavy (non-hydrogen) atoms. The Morgan fingerprint density at radius 2 is 2.05 bits per heavy atom. The van der Waals surface area contributed by atoms with Gasteiger partial charge < -0.3 is 20.1 Å². The predicted octanol–water partition coefficient (Wildman–Crippen LogP) is 1.81. The van der Waals surface area contributed by atoms with Gasteiger partial charge in [-0.25, -0.2) is 4.39 Å². The van der Waals surface area contributed by atoms with E-state index >= 15 is 0 Å². The fourth-order valence-corrected chi connectivity index (χ4v) is 2.29. The summed E-state index contributed by atoms with van der Waals surface area (Å²) in [5.74, 6) is -0.233. The minimum absolute atomic E-state index is 0.178. The molecular formula is C15H25FN2O2. The van der Waals surface area contributed by atoms with Crippen LogP contribution in [0, 0.1) is 5.82 Å². The molecule has 0 aromatic heterocycles. The van der Waals surface area contributed by atoms with Gasteiger partial charge in [-0.05, 0) is 43.7 Å². The van der Waals surface area contributed by atoms with Crippen LogP contribution in [-0.2, 0) is 15.9 Å². The van der Waals surface area contributed by atoms with Gasteiger partial charge >= 0.3 is 0 Å². The number of anilines is 1. The molecule has 1 rings (SSSR count). The number of benzene rings is 1. The average Bonchev–Trinajstić information content (AvgIpc) is 2.42. The van der Waals surface area contributed by atoms with Crippen LogP contribution in [0.4, 0.5) is 10.1 Å². The van der Waals surface area contributed by atoms with Gasteiger partial charge in [0.25, 0.3) is 0 Å². The highest BCUT2D eigenvalue weighted by Gasteiger charge is 2.17. The topological polar surface area (TPSA) is 47.7 Å². The van der Waals surface area contributed by atoms with E-state index in [0.29, 0.717) is 26.2 Å². The molecule has 1 atom stereocenters. The van der Waals surface area contributed by atoms with Gasteiger partial charge in [-0.3, -0.25) is 0 Å². The third-order valence-electron chi connectivity index (χ3n) is 3.24. The lowest BCUT2D eigenvalue weighted by Gasteiger charge is -2.32. The minimum atomic E-state index is -0.233. The summed E-state index contributed by atoms with van der Waals surface area (Å²) in [5.41, 5.74) is 7.55. The van der Waals surface area contributed by atoms with E-state index in [1.807, 2.05) is 6.07 Å². The Kier molecular flexibility index (Phi) is 7.51. The lowest BCUT2D eigenvalue weighted by atomic mass is 10.1. The van der Waals surface area contributed by atoms with Gasteiger partial charge in [0, 0.05) is 32.5 Å². The summed E-state index contributed by atoms with van der Waals surface area (Å²) in [7, 11) is 3.35. The number of rotatable bonds is 9. The summed E-state index contributed by atoms with van der Waals surface area (Å²) in [6, 6.07) is 5.02. The fourth-order valence-electron chi connectivity index (χ4n) is 2.29. The molecule has 1 aromatic rings. The predicted molar refractivity (Wildman–Crippen MR) is 79.7 cm³/mol. The molecule has 0 bridgehead atoms. The lowest BCUT2D eigenvalue weighted by molar-refractivity contribution is 0.171. The van der Waals surface area contributed by atoms with E-state index in [0.717, 1.165) is 17.8 Å². The highest BCUT2D eigenvalue weighted by molar-refractivity contribution is 5.55. The van der Waals surface area contributed by atoms with E-state index in [9.17, 15) is 4.39 Å². The van der Waals surface area contributed by atoms with Gasteiger partial charge in [0.2, 0.25) is 0 Å². The number of nitrogens with two attached hydrogens (primary N) is 1. The fraction of sp³-hybridized carbons (Fsp3) is 0.600. The van der Waals surface area contributed by atoms with Gasteiger partial charge in [0.05, 0.1) is 13.2 Å². The van der Waals surface area contributed by atoms with Crippen molar-refractivity contribution in [2.24, 2.45) is 5.73 Å². The molecule has 0 aliphatic rings. The maximum absolute atomic E-state index is 13.4. The van der Waals surface area contributed by atoms with Crippen molar-refractivity contribution >= 4 is 5.69 Å². The van der Waals surface area contributed by atoms with Crippen molar-refractivity contribution in [1.29, 1.82) is 0 Å². The van der Waals surface area contributed by atoms with Gasteiger partial charge in [0.1, 0.15) is 5.82 Å². The first-order valence-electron chi connectivity index (χ1n) is 6.87. The summed E-state index contributed by atoms with van der Waals surface area (Å²) in [5, 5.41) is 0. The van der Waals surface area contributed by atoms with Crippen molar-refractivity contribution in [1.82, 2.24) is 0 Å². The van der Waals surface area contributed by atoms with E-state index in [2.05, 4.69) is 11.8 Å². The van der Waals surface area contributed by atoms with Crippen LogP contribution < -0.4 is 10.6 Å². The monoisotopic (exact) mass is 284 g/mol. The summed E-state index contributed by atoms with van der Waals surface area (Å²) in [4.78, 5) is 2.18. The Balaban J connectivity index is 3.04. The summed E-state index contributed by atoms with van der Waals surface area (Å²) in [6.07, 6.45) is 0.649. The zero-order valence-corrected chi connectivity index (χ0v) is 12.6. The van der Waals surface area contributed by atoms with Crippen molar-refractivity contribution in [2.75, 3.05) is 45.4 Å². The Labute approximate surface area is 120 Å². The summed E-state index contributed by atoms with van der Waals surface area (Å²) < 4.78 is 23.8. The van der Waals surface area contributed by atoms with E-state index in [-0.39, 0.29) is 11.9 Å². The molecule has 5 heteroatoms. The largest absolute Gasteiger partial charge is 0.383 e. The molecule has 0 saturated heterocycles. The van der Waals surface area contributed by atoms with Crippen molar-refractivity contribution in [3.05, 3.63) is 29.6 Å². The van der Waals surface area contributed by atoms with Crippen LogP contribution in [0.1, 0.15) is 12.5 Å². The third kappa shape index (κ3) is 4.74. The molecule has 4 nitrogen and oxygen atoms in total. The molecule has 0 aliphatic heterocycles. The lowest BCUT2D eigenvalue weighted by Crippen LogP contribution is -2.39. The van der Waals surface area contributed by atoms with Crippen LogP contribution in [0.2, 0.25) is 0 Å². The molecule has 0 radical (unpaired) electrons. The number of halogens is 1. The molecule has 1 aromatic carbocycles. The molecule has 0 heterocycles. The van der Waals surface area contributed by atoms with Gasteiger partial charge in [-0.15, -0.1) is 0 Å². The Morgan fingerprint density at radius 3 is 2.65 bits per heavy atom. The third-order valence-corrected chi connectivity index (χ3v) is 3.24. The van der Waals surface area contributed by atoms with Crippen molar-refractivity contribution in [2.45, 2.75) is 19.4 Å². The second-order valence-electron chi connectivity index (χ2n) is 4.80. The molecule has 2 N–H and O–H groups in total. The van der Waals surface area contributed by atoms with Crippen LogP contribution in [-0.4, -0.2) is 46.6 Å². The van der Waals surface area contributed by atoms with E-state index in [4.69, 9.17) is 15.2 Å². The quantitative estimate of drug-likeness (QED) is 0.751. The van der Waals surface area contributed by atoms with Gasteiger partial charge in [-0.1, -0.05) is 0 Å². The Hall–Kier alpha value is -1.17. The molecule has 114 valence electrons. The normalized spacial score (nSPS) is 12.4. The molecule has 0 aliphatic carbocycles. The summed E-state index contributed by atoms with van der Waals surface area (Å²) in [6.45, 7) is 4.50. The van der Waals surface area contributed by atoms with Crippen LogP contribution in [0.5, 0.6) is 0 Å². The van der Waals surface area contributed by atoms with Crippen LogP contribution in [0.15, 0.2) is 18.2 Å². The van der Waals surface area contributed by atoms with Gasteiger partial charge in [0.15, 0.2) is 0 Å². The minimum Gasteiger partial charge on any atom is -0.383 e. The number of hydrogen-bond acceptors (Lipinski definition) is 4. The second-order valence-corrected chi connectivity index (χ2v) is 4.80. The molecule has 0 spiro atoms. The smallest absolute Gasteiger partial charge is 0.123 e. The van der Waals surface area contributed by atoms with E-state index < -0.39 is 0 Å². The molecular weight excluding hydrogens is 259 g/mol. The van der Waals surface area contributed by atoms with Crippen molar-refractivity contribution < 1.29 is 13.9 Å². The van der Waals surface area contributed by atoms with Crippen molar-refractivity contribution in [3.8, 4) is 0 Å². The zero-order valence-electron chi connectivity index (χ0n) is 12.6. The van der Waals surface area contributed by atoms with Crippen LogP contribution >= 0.6 is 0 Å². The summed E-state index contributed by atoms with van der Waals surface area (Å²) >= 11 is 0. The SMILES string of the molecule is COCCN(c1ccc(F)cc1CCN)C(C)COC. The standard InChI is InChI=1S/C15H25FN2O2/c1-12(11-20-3)18(8-9-19-2)15-5-4-14(16)10-13(15)6-7-17/h4-5,10,12H,6-9,11,17H2,1-3H3. The van der Waals surface area contributed by atoms with Gasteiger partial charge in [-0.2, -0.15) is 0 Å².